The van der Waals surface area contributed by atoms with Crippen LogP contribution in [-0.2, 0) is 6.61 Å². The molecule has 123 valence electrons. The highest BCUT2D eigenvalue weighted by Crippen LogP contribution is 2.31. The molecule has 4 heteroatoms. The zero-order chi connectivity index (χ0) is 16.8. The molecule has 0 amide bonds. The zero-order valence-electron chi connectivity index (χ0n) is 13.7. The van der Waals surface area contributed by atoms with Gasteiger partial charge in [-0.1, -0.05) is 47.5 Å². The Kier molecular flexibility index (Phi) is 5.70. The van der Waals surface area contributed by atoms with Gasteiger partial charge in [-0.05, 0) is 42.3 Å². The lowest BCUT2D eigenvalue weighted by atomic mass is 10.0. The van der Waals surface area contributed by atoms with Crippen LogP contribution in [0.3, 0.4) is 0 Å². The summed E-state index contributed by atoms with van der Waals surface area (Å²) in [7, 11) is 0. The minimum atomic E-state index is 0.217. The molecule has 0 saturated carbocycles. The van der Waals surface area contributed by atoms with E-state index in [0.29, 0.717) is 6.61 Å². The summed E-state index contributed by atoms with van der Waals surface area (Å²) in [6, 6.07) is 17.5. The van der Waals surface area contributed by atoms with E-state index in [1.54, 1.807) is 0 Å². The first kappa shape index (κ1) is 16.8. The van der Waals surface area contributed by atoms with Crippen LogP contribution in [0.5, 0.6) is 5.75 Å². The van der Waals surface area contributed by atoms with Crippen LogP contribution in [0.1, 0.15) is 36.9 Å². The number of nitrogens with zero attached hydrogens (tertiary/aromatic N) is 2. The highest BCUT2D eigenvalue weighted by molar-refractivity contribution is 9.10. The minimum Gasteiger partial charge on any atom is -0.489 e. The summed E-state index contributed by atoms with van der Waals surface area (Å²) in [6.45, 7) is 2.74. The molecule has 1 unspecified atom stereocenters. The van der Waals surface area contributed by atoms with E-state index in [1.165, 1.54) is 0 Å². The second-order valence-electron chi connectivity index (χ2n) is 5.69. The van der Waals surface area contributed by atoms with Gasteiger partial charge in [0, 0.05) is 22.4 Å². The first-order chi connectivity index (χ1) is 11.8. The average molecular weight is 384 g/mol. The van der Waals surface area contributed by atoms with Gasteiger partial charge in [-0.25, -0.2) is 4.98 Å². The van der Waals surface area contributed by atoms with Crippen LogP contribution >= 0.6 is 15.9 Å². The Morgan fingerprint density at radius 1 is 1.25 bits per heavy atom. The predicted molar refractivity (Wildman–Crippen MR) is 99.0 cm³/mol. The van der Waals surface area contributed by atoms with Gasteiger partial charge in [-0.3, -0.25) is 0 Å². The van der Waals surface area contributed by atoms with Crippen molar-refractivity contribution < 1.29 is 4.74 Å². The molecule has 3 rings (SSSR count). The number of rotatable bonds is 7. The second kappa shape index (κ2) is 8.15. The lowest BCUT2D eigenvalue weighted by molar-refractivity contribution is 0.298. The molecule has 24 heavy (non-hydrogen) atoms. The smallest absolute Gasteiger partial charge is 0.125 e. The Labute approximate surface area is 151 Å². The number of imidazole rings is 1. The van der Waals surface area contributed by atoms with Crippen molar-refractivity contribution in [3.63, 3.8) is 0 Å². The largest absolute Gasteiger partial charge is 0.489 e. The fourth-order valence-electron chi connectivity index (χ4n) is 2.76. The van der Waals surface area contributed by atoms with Gasteiger partial charge >= 0.3 is 0 Å². The fourth-order valence-corrected chi connectivity index (χ4v) is 3.02. The summed E-state index contributed by atoms with van der Waals surface area (Å²) < 4.78 is 9.33. The Morgan fingerprint density at radius 3 is 2.79 bits per heavy atom. The van der Waals surface area contributed by atoms with Gasteiger partial charge in [0.05, 0.1) is 12.4 Å². The zero-order valence-corrected chi connectivity index (χ0v) is 15.2. The van der Waals surface area contributed by atoms with Gasteiger partial charge in [-0.15, -0.1) is 0 Å². The summed E-state index contributed by atoms with van der Waals surface area (Å²) in [5.74, 6) is 0.906. The van der Waals surface area contributed by atoms with E-state index >= 15 is 0 Å². The van der Waals surface area contributed by atoms with Crippen LogP contribution in [-0.4, -0.2) is 9.55 Å². The van der Waals surface area contributed by atoms with E-state index in [0.717, 1.165) is 34.2 Å². The molecule has 1 atom stereocenters. The number of hydrogen-bond donors (Lipinski definition) is 0. The van der Waals surface area contributed by atoms with E-state index in [2.05, 4.69) is 50.6 Å². The maximum atomic E-state index is 6.12. The number of hydrogen-bond acceptors (Lipinski definition) is 2. The summed E-state index contributed by atoms with van der Waals surface area (Å²) in [5, 5.41) is 0. The van der Waals surface area contributed by atoms with Crippen LogP contribution in [0, 0.1) is 6.07 Å². The van der Waals surface area contributed by atoms with Gasteiger partial charge in [-0.2, -0.15) is 0 Å². The van der Waals surface area contributed by atoms with Crippen molar-refractivity contribution >= 4 is 15.9 Å². The number of ether oxygens (including phenoxy) is 1. The third kappa shape index (κ3) is 4.06. The standard InChI is InChI=1S/C20H20BrN2O/c1-2-5-19(23-13-12-22-15-23)18-6-3-4-7-20(18)24-14-16-8-10-17(21)11-9-16/h4,6-13,15,19H,2,5,14H2,1H3. The maximum Gasteiger partial charge on any atom is 0.125 e. The number of halogens is 1. The number of aromatic nitrogens is 2. The first-order valence-electron chi connectivity index (χ1n) is 8.12. The molecule has 0 aliphatic rings. The van der Waals surface area contributed by atoms with Crippen LogP contribution in [0.4, 0.5) is 0 Å². The van der Waals surface area contributed by atoms with E-state index in [9.17, 15) is 0 Å². The summed E-state index contributed by atoms with van der Waals surface area (Å²) in [5.41, 5.74) is 2.29. The summed E-state index contributed by atoms with van der Waals surface area (Å²) >= 11 is 3.46. The lowest BCUT2D eigenvalue weighted by Gasteiger charge is -2.21. The van der Waals surface area contributed by atoms with E-state index in [-0.39, 0.29) is 6.04 Å². The van der Waals surface area contributed by atoms with Gasteiger partial charge in [0.15, 0.2) is 0 Å². The molecule has 0 spiro atoms. The van der Waals surface area contributed by atoms with Crippen LogP contribution in [0.15, 0.2) is 65.7 Å². The van der Waals surface area contributed by atoms with Crippen molar-refractivity contribution in [2.45, 2.75) is 32.4 Å². The average Bonchev–Trinajstić information content (AvgIpc) is 3.14. The fraction of sp³-hybridized carbons (Fsp3) is 0.250. The van der Waals surface area contributed by atoms with E-state index < -0.39 is 0 Å². The van der Waals surface area contributed by atoms with E-state index in [1.807, 2.05) is 49.1 Å². The third-order valence-electron chi connectivity index (χ3n) is 3.97. The van der Waals surface area contributed by atoms with Crippen molar-refractivity contribution in [2.75, 3.05) is 0 Å². The molecule has 0 fully saturated rings. The molecular formula is C20H20BrN2O. The normalized spacial score (nSPS) is 12.1. The Hall–Kier alpha value is -2.07. The summed E-state index contributed by atoms with van der Waals surface area (Å²) in [6.07, 6.45) is 7.81. The molecule has 0 saturated heterocycles. The van der Waals surface area contributed by atoms with Crippen LogP contribution in [0.25, 0.3) is 0 Å². The molecule has 2 aromatic carbocycles. The van der Waals surface area contributed by atoms with Gasteiger partial charge in [0.2, 0.25) is 0 Å². The SMILES string of the molecule is CCCC(c1c[c]ccc1OCc1ccc(Br)cc1)n1ccnc1. The Bertz CT molecular complexity index is 754. The van der Waals surface area contributed by atoms with Gasteiger partial charge in [0.1, 0.15) is 12.4 Å². The second-order valence-corrected chi connectivity index (χ2v) is 6.61. The van der Waals surface area contributed by atoms with Crippen molar-refractivity contribution in [3.8, 4) is 5.75 Å². The first-order valence-corrected chi connectivity index (χ1v) is 8.92. The van der Waals surface area contributed by atoms with Crippen LogP contribution in [0.2, 0.25) is 0 Å². The molecule has 0 bridgehead atoms. The summed E-state index contributed by atoms with van der Waals surface area (Å²) in [4.78, 5) is 4.19. The molecule has 0 aliphatic carbocycles. The topological polar surface area (TPSA) is 27.1 Å². The molecular weight excluding hydrogens is 364 g/mol. The number of benzene rings is 2. The van der Waals surface area contributed by atoms with Crippen molar-refractivity contribution in [1.82, 2.24) is 9.55 Å². The molecule has 0 N–H and O–H groups in total. The van der Waals surface area contributed by atoms with Crippen LogP contribution < -0.4 is 4.74 Å². The minimum absolute atomic E-state index is 0.217. The Balaban J connectivity index is 1.82. The third-order valence-corrected chi connectivity index (χ3v) is 4.50. The maximum absolute atomic E-state index is 6.12. The molecule has 1 heterocycles. The highest BCUT2D eigenvalue weighted by Gasteiger charge is 2.17. The highest BCUT2D eigenvalue weighted by atomic mass is 79.9. The van der Waals surface area contributed by atoms with Crippen molar-refractivity contribution in [1.29, 1.82) is 0 Å². The predicted octanol–water partition coefficient (Wildman–Crippen LogP) is 5.41. The Morgan fingerprint density at radius 2 is 2.08 bits per heavy atom. The van der Waals surface area contributed by atoms with E-state index in [4.69, 9.17) is 4.74 Å². The van der Waals surface area contributed by atoms with Crippen molar-refractivity contribution in [3.05, 3.63) is 82.9 Å². The van der Waals surface area contributed by atoms with Crippen molar-refractivity contribution in [2.24, 2.45) is 0 Å². The molecule has 3 aromatic rings. The van der Waals surface area contributed by atoms with Gasteiger partial charge < -0.3 is 9.30 Å². The monoisotopic (exact) mass is 383 g/mol. The molecule has 1 aromatic heterocycles. The molecule has 0 aliphatic heterocycles. The lowest BCUT2D eigenvalue weighted by Crippen LogP contribution is -2.11. The molecule has 3 nitrogen and oxygen atoms in total. The van der Waals surface area contributed by atoms with Gasteiger partial charge in [0.25, 0.3) is 0 Å². The quantitative estimate of drug-likeness (QED) is 0.544. The molecule has 1 radical (unpaired) electrons.